The van der Waals surface area contributed by atoms with Crippen molar-refractivity contribution < 1.29 is 19.4 Å². The number of ether oxygens (including phenoxy) is 1. The molecule has 0 bridgehead atoms. The summed E-state index contributed by atoms with van der Waals surface area (Å²) in [4.78, 5) is 24.3. The van der Waals surface area contributed by atoms with Gasteiger partial charge >= 0.3 is 5.97 Å². The summed E-state index contributed by atoms with van der Waals surface area (Å²) in [6, 6.07) is 4.85. The van der Waals surface area contributed by atoms with Crippen molar-refractivity contribution in [1.82, 2.24) is 5.32 Å². The average Bonchev–Trinajstić information content (AvgIpc) is 2.48. The number of carboxylic acids is 1. The zero-order valence-electron chi connectivity index (χ0n) is 13.9. The fourth-order valence-electron chi connectivity index (χ4n) is 3.16. The van der Waals surface area contributed by atoms with Crippen molar-refractivity contribution in [2.45, 2.75) is 45.3 Å². The first-order chi connectivity index (χ1) is 11.1. The molecule has 2 rings (SSSR count). The first-order valence-electron chi connectivity index (χ1n) is 7.74. The van der Waals surface area contributed by atoms with Gasteiger partial charge in [-0.25, -0.2) is 4.79 Å². The lowest BCUT2D eigenvalue weighted by molar-refractivity contribution is -0.194. The van der Waals surface area contributed by atoms with Crippen LogP contribution in [-0.2, 0) is 20.7 Å². The predicted molar refractivity (Wildman–Crippen MR) is 92.5 cm³/mol. The number of rotatable bonds is 6. The average molecular weight is 374 g/mol. The molecular weight excluding hydrogens is 353 g/mol. The molecule has 2 atom stereocenters. The van der Waals surface area contributed by atoms with Crippen LogP contribution in [0, 0.1) is 5.41 Å². The number of carbonyl (C=O) groups is 2. The lowest BCUT2D eigenvalue weighted by atomic mass is 9.54. The van der Waals surface area contributed by atoms with Crippen LogP contribution in [-0.4, -0.2) is 35.2 Å². The van der Waals surface area contributed by atoms with Crippen molar-refractivity contribution in [3.63, 3.8) is 0 Å². The Hall–Kier alpha value is -1.30. The van der Waals surface area contributed by atoms with Crippen LogP contribution in [0.4, 0.5) is 0 Å². The standard InChI is InChI=1S/C17H21Cl2NO4/c1-4-24-13-9-17(15(22)23,16(13,2)3)20-14(21)7-10-5-6-11(18)8-12(10)19/h5-6,8,13H,4,7,9H2,1-3H3,(H,20,21)(H,22,23). The van der Waals surface area contributed by atoms with Gasteiger partial charge in [0.05, 0.1) is 12.5 Å². The summed E-state index contributed by atoms with van der Waals surface area (Å²) >= 11 is 11.9. The molecule has 7 heteroatoms. The van der Waals surface area contributed by atoms with Crippen LogP contribution >= 0.6 is 23.2 Å². The molecule has 0 heterocycles. The third-order valence-corrected chi connectivity index (χ3v) is 5.44. The van der Waals surface area contributed by atoms with Crippen LogP contribution in [0.2, 0.25) is 10.0 Å². The minimum atomic E-state index is -1.34. The smallest absolute Gasteiger partial charge is 0.330 e. The van der Waals surface area contributed by atoms with Gasteiger partial charge in [-0.05, 0) is 24.6 Å². The van der Waals surface area contributed by atoms with Crippen LogP contribution in [0.3, 0.4) is 0 Å². The zero-order chi connectivity index (χ0) is 18.1. The summed E-state index contributed by atoms with van der Waals surface area (Å²) in [6.07, 6.45) is 0.0157. The minimum absolute atomic E-state index is 0.0135. The van der Waals surface area contributed by atoms with E-state index >= 15 is 0 Å². The Balaban J connectivity index is 2.14. The molecule has 1 saturated carbocycles. The van der Waals surface area contributed by atoms with Gasteiger partial charge in [-0.15, -0.1) is 0 Å². The molecule has 2 unspecified atom stereocenters. The Labute approximate surface area is 151 Å². The Morgan fingerprint density at radius 2 is 2.04 bits per heavy atom. The summed E-state index contributed by atoms with van der Waals surface area (Å²) in [6.45, 7) is 5.94. The van der Waals surface area contributed by atoms with Gasteiger partial charge < -0.3 is 15.2 Å². The summed E-state index contributed by atoms with van der Waals surface area (Å²) in [5.74, 6) is -1.45. The molecule has 132 valence electrons. The van der Waals surface area contributed by atoms with Gasteiger partial charge in [0.25, 0.3) is 0 Å². The number of aliphatic carboxylic acids is 1. The van der Waals surface area contributed by atoms with Crippen molar-refractivity contribution in [3.05, 3.63) is 33.8 Å². The second kappa shape index (κ2) is 6.90. The molecule has 0 aliphatic heterocycles. The zero-order valence-corrected chi connectivity index (χ0v) is 15.4. The summed E-state index contributed by atoms with van der Waals surface area (Å²) in [5.41, 5.74) is -1.46. The number of nitrogens with one attached hydrogen (secondary N) is 1. The molecule has 1 aliphatic rings. The lowest BCUT2D eigenvalue weighted by Crippen LogP contribution is -2.76. The fraction of sp³-hybridized carbons (Fsp3) is 0.529. The maximum atomic E-state index is 12.4. The summed E-state index contributed by atoms with van der Waals surface area (Å²) in [5, 5.41) is 13.2. The van der Waals surface area contributed by atoms with E-state index in [1.165, 1.54) is 0 Å². The van der Waals surface area contributed by atoms with E-state index < -0.39 is 22.8 Å². The van der Waals surface area contributed by atoms with Gasteiger partial charge in [0.1, 0.15) is 5.54 Å². The normalized spacial score (nSPS) is 25.0. The molecule has 1 amide bonds. The van der Waals surface area contributed by atoms with Crippen LogP contribution in [0.25, 0.3) is 0 Å². The number of amides is 1. The highest BCUT2D eigenvalue weighted by atomic mass is 35.5. The van der Waals surface area contributed by atoms with E-state index in [-0.39, 0.29) is 18.9 Å². The number of hydrogen-bond donors (Lipinski definition) is 2. The van der Waals surface area contributed by atoms with Crippen molar-refractivity contribution in [2.75, 3.05) is 6.61 Å². The van der Waals surface area contributed by atoms with E-state index in [1.54, 1.807) is 32.0 Å². The Morgan fingerprint density at radius 3 is 2.54 bits per heavy atom. The predicted octanol–water partition coefficient (Wildman–Crippen LogP) is 3.31. The Kier molecular flexibility index (Phi) is 5.47. The highest BCUT2D eigenvalue weighted by Gasteiger charge is 2.66. The second-order valence-corrected chi connectivity index (χ2v) is 7.38. The number of carboxylic acid groups (broad SMARTS) is 1. The number of carbonyl (C=O) groups excluding carboxylic acids is 1. The minimum Gasteiger partial charge on any atom is -0.479 e. The van der Waals surface area contributed by atoms with Crippen LogP contribution in [0.5, 0.6) is 0 Å². The maximum absolute atomic E-state index is 12.4. The van der Waals surface area contributed by atoms with Gasteiger partial charge in [-0.2, -0.15) is 0 Å². The molecule has 1 aliphatic carbocycles. The first kappa shape index (κ1) is 19.0. The molecule has 24 heavy (non-hydrogen) atoms. The maximum Gasteiger partial charge on any atom is 0.330 e. The summed E-state index contributed by atoms with van der Waals surface area (Å²) < 4.78 is 5.58. The molecule has 0 radical (unpaired) electrons. The van der Waals surface area contributed by atoms with Crippen molar-refractivity contribution in [3.8, 4) is 0 Å². The topological polar surface area (TPSA) is 75.6 Å². The lowest BCUT2D eigenvalue weighted by Gasteiger charge is -2.58. The van der Waals surface area contributed by atoms with Crippen LogP contribution in [0.1, 0.15) is 32.8 Å². The number of benzene rings is 1. The molecule has 1 aromatic rings. The summed E-state index contributed by atoms with van der Waals surface area (Å²) in [7, 11) is 0. The van der Waals surface area contributed by atoms with E-state index in [9.17, 15) is 14.7 Å². The van der Waals surface area contributed by atoms with E-state index in [0.717, 1.165) is 0 Å². The van der Waals surface area contributed by atoms with Crippen molar-refractivity contribution in [2.24, 2.45) is 5.41 Å². The van der Waals surface area contributed by atoms with Crippen LogP contribution in [0.15, 0.2) is 18.2 Å². The fourth-order valence-corrected chi connectivity index (χ4v) is 3.63. The van der Waals surface area contributed by atoms with Gasteiger partial charge in [0, 0.05) is 28.5 Å². The van der Waals surface area contributed by atoms with E-state index in [2.05, 4.69) is 5.32 Å². The molecule has 0 saturated heterocycles. The second-order valence-electron chi connectivity index (χ2n) is 6.54. The highest BCUT2D eigenvalue weighted by Crippen LogP contribution is 2.51. The van der Waals surface area contributed by atoms with E-state index in [4.69, 9.17) is 27.9 Å². The monoisotopic (exact) mass is 373 g/mol. The van der Waals surface area contributed by atoms with Gasteiger partial charge in [0.2, 0.25) is 5.91 Å². The first-order valence-corrected chi connectivity index (χ1v) is 8.49. The molecule has 5 nitrogen and oxygen atoms in total. The molecule has 1 fully saturated rings. The molecule has 0 aromatic heterocycles. The third-order valence-electron chi connectivity index (χ3n) is 4.85. The number of halogens is 2. The van der Waals surface area contributed by atoms with E-state index in [0.29, 0.717) is 22.2 Å². The molecular formula is C17H21Cl2NO4. The molecule has 2 N–H and O–H groups in total. The van der Waals surface area contributed by atoms with Crippen LogP contribution < -0.4 is 5.32 Å². The molecule has 1 aromatic carbocycles. The van der Waals surface area contributed by atoms with Gasteiger partial charge in [-0.3, -0.25) is 4.79 Å². The Morgan fingerprint density at radius 1 is 1.38 bits per heavy atom. The molecule has 0 spiro atoms. The third kappa shape index (κ3) is 3.25. The van der Waals surface area contributed by atoms with Gasteiger partial charge in [0.15, 0.2) is 0 Å². The highest BCUT2D eigenvalue weighted by molar-refractivity contribution is 6.35. The van der Waals surface area contributed by atoms with E-state index in [1.807, 2.05) is 6.92 Å². The number of hydrogen-bond acceptors (Lipinski definition) is 3. The van der Waals surface area contributed by atoms with Crippen molar-refractivity contribution >= 4 is 35.1 Å². The van der Waals surface area contributed by atoms with Crippen molar-refractivity contribution in [1.29, 1.82) is 0 Å². The largest absolute Gasteiger partial charge is 0.479 e. The van der Waals surface area contributed by atoms with Gasteiger partial charge in [-0.1, -0.05) is 43.1 Å². The quantitative estimate of drug-likeness (QED) is 0.801. The Bertz CT molecular complexity index is 662. The SMILES string of the molecule is CCOC1CC(NC(=O)Cc2ccc(Cl)cc2Cl)(C(=O)O)C1(C)C.